The Hall–Kier alpha value is -2.12. The molecule has 2 N–H and O–H groups in total. The summed E-state index contributed by atoms with van der Waals surface area (Å²) in [5, 5.41) is 8.58. The van der Waals surface area contributed by atoms with Gasteiger partial charge in [-0.3, -0.25) is 0 Å². The second-order valence-electron chi connectivity index (χ2n) is 5.88. The van der Waals surface area contributed by atoms with Crippen LogP contribution in [0.25, 0.3) is 0 Å². The molecule has 6 nitrogen and oxygen atoms in total. The van der Waals surface area contributed by atoms with E-state index in [0.29, 0.717) is 13.2 Å². The maximum Gasteiger partial charge on any atom is 0.319 e. The molecule has 1 aromatic carbocycles. The van der Waals surface area contributed by atoms with E-state index in [2.05, 4.69) is 15.6 Å². The lowest BCUT2D eigenvalue weighted by atomic mass is 10.1. The number of urea groups is 1. The number of nitrogens with zero attached hydrogens (tertiary/aromatic N) is 1. The van der Waals surface area contributed by atoms with Gasteiger partial charge >= 0.3 is 6.03 Å². The minimum absolute atomic E-state index is 0.190. The number of carbonyl (C=O) groups excluding carboxylic acids is 1. The Morgan fingerprint density at radius 3 is 2.92 bits per heavy atom. The van der Waals surface area contributed by atoms with Crippen molar-refractivity contribution in [3.8, 4) is 5.75 Å². The predicted octanol–water partition coefficient (Wildman–Crippen LogP) is 3.46. The van der Waals surface area contributed by atoms with Gasteiger partial charge in [0, 0.05) is 36.8 Å². The first kappa shape index (κ1) is 17.7. The number of amides is 2. The van der Waals surface area contributed by atoms with Gasteiger partial charge in [-0.05, 0) is 43.5 Å². The fourth-order valence-corrected chi connectivity index (χ4v) is 3.22. The van der Waals surface area contributed by atoms with Crippen molar-refractivity contribution in [2.24, 2.45) is 0 Å². The zero-order chi connectivity index (χ0) is 17.3. The molecule has 1 saturated heterocycles. The van der Waals surface area contributed by atoms with E-state index in [1.54, 1.807) is 17.5 Å². The van der Waals surface area contributed by atoms with Crippen LogP contribution in [0, 0.1) is 0 Å². The molecule has 1 aromatic heterocycles. The summed E-state index contributed by atoms with van der Waals surface area (Å²) in [6.07, 6.45) is 6.10. The molecular formula is C18H23N3O3S. The lowest BCUT2D eigenvalue weighted by Crippen LogP contribution is -2.30. The van der Waals surface area contributed by atoms with Crippen LogP contribution in [0.1, 0.15) is 24.3 Å². The fraction of sp³-hybridized carbons (Fsp3) is 0.444. The summed E-state index contributed by atoms with van der Waals surface area (Å²) in [4.78, 5) is 16.1. The molecule has 2 aromatic rings. The average Bonchev–Trinajstić information content (AvgIpc) is 3.15. The zero-order valence-corrected chi connectivity index (χ0v) is 14.9. The second-order valence-corrected chi connectivity index (χ2v) is 6.86. The quantitative estimate of drug-likeness (QED) is 0.792. The van der Waals surface area contributed by atoms with E-state index in [4.69, 9.17) is 9.47 Å². The molecule has 2 heterocycles. The summed E-state index contributed by atoms with van der Waals surface area (Å²) < 4.78 is 11.4. The third-order valence-electron chi connectivity index (χ3n) is 3.93. The van der Waals surface area contributed by atoms with Crippen LogP contribution in [0.15, 0.2) is 35.8 Å². The number of nitrogens with one attached hydrogen (secondary N) is 2. The van der Waals surface area contributed by atoms with Crippen LogP contribution in [0.4, 0.5) is 10.5 Å². The maximum absolute atomic E-state index is 11.9. The summed E-state index contributed by atoms with van der Waals surface area (Å²) >= 11 is 1.59. The number of benzene rings is 1. The fourth-order valence-electron chi connectivity index (χ4n) is 2.60. The average molecular weight is 361 g/mol. The van der Waals surface area contributed by atoms with Crippen molar-refractivity contribution in [3.05, 3.63) is 40.8 Å². The van der Waals surface area contributed by atoms with Gasteiger partial charge in [0.05, 0.1) is 11.1 Å². The third-order valence-corrected chi connectivity index (χ3v) is 4.77. The van der Waals surface area contributed by atoms with E-state index >= 15 is 0 Å². The maximum atomic E-state index is 11.9. The molecule has 0 bridgehead atoms. The summed E-state index contributed by atoms with van der Waals surface area (Å²) in [6, 6.07) is 7.15. The molecule has 1 aliphatic rings. The van der Waals surface area contributed by atoms with Gasteiger partial charge in [0.2, 0.25) is 0 Å². The van der Waals surface area contributed by atoms with Gasteiger partial charge < -0.3 is 20.1 Å². The Morgan fingerprint density at radius 1 is 1.32 bits per heavy atom. The van der Waals surface area contributed by atoms with Crippen LogP contribution in [0.5, 0.6) is 5.75 Å². The lowest BCUT2D eigenvalue weighted by molar-refractivity contribution is -0.0110. The Morgan fingerprint density at radius 2 is 2.20 bits per heavy atom. The van der Waals surface area contributed by atoms with E-state index in [1.165, 1.54) is 6.42 Å². The number of ether oxygens (including phenoxy) is 2. The van der Waals surface area contributed by atoms with Gasteiger partial charge in [-0.1, -0.05) is 0 Å². The van der Waals surface area contributed by atoms with E-state index in [-0.39, 0.29) is 12.1 Å². The topological polar surface area (TPSA) is 72.5 Å². The minimum atomic E-state index is -0.221. The summed E-state index contributed by atoms with van der Waals surface area (Å²) in [5.74, 6) is 0.781. The third kappa shape index (κ3) is 6.03. The number of aromatic nitrogens is 1. The Balaban J connectivity index is 1.37. The van der Waals surface area contributed by atoms with Crippen LogP contribution in [0.3, 0.4) is 0 Å². The first-order valence-corrected chi connectivity index (χ1v) is 9.45. The molecule has 134 valence electrons. The first-order chi connectivity index (χ1) is 12.3. The largest absolute Gasteiger partial charge is 0.491 e. The molecule has 7 heteroatoms. The van der Waals surface area contributed by atoms with Crippen molar-refractivity contribution in [1.29, 1.82) is 0 Å². The highest BCUT2D eigenvalue weighted by Crippen LogP contribution is 2.18. The number of rotatable bonds is 7. The van der Waals surface area contributed by atoms with Crippen LogP contribution >= 0.6 is 11.3 Å². The summed E-state index contributed by atoms with van der Waals surface area (Å²) in [6.45, 7) is 1.96. The van der Waals surface area contributed by atoms with Crippen molar-refractivity contribution in [3.63, 3.8) is 0 Å². The molecule has 1 aliphatic heterocycles. The van der Waals surface area contributed by atoms with Gasteiger partial charge in [0.25, 0.3) is 0 Å². The van der Waals surface area contributed by atoms with E-state index in [9.17, 15) is 4.79 Å². The zero-order valence-electron chi connectivity index (χ0n) is 14.1. The van der Waals surface area contributed by atoms with Crippen molar-refractivity contribution in [2.75, 3.05) is 25.1 Å². The smallest absolute Gasteiger partial charge is 0.319 e. The van der Waals surface area contributed by atoms with Crippen LogP contribution in [0.2, 0.25) is 0 Å². The number of anilines is 1. The molecule has 1 atom stereocenters. The normalized spacial score (nSPS) is 17.0. The number of hydrogen-bond donors (Lipinski definition) is 2. The van der Waals surface area contributed by atoms with Crippen LogP contribution in [-0.4, -0.2) is 36.9 Å². The molecule has 25 heavy (non-hydrogen) atoms. The molecule has 3 rings (SSSR count). The monoisotopic (exact) mass is 361 g/mol. The Kier molecular flexibility index (Phi) is 6.64. The molecule has 1 fully saturated rings. The van der Waals surface area contributed by atoms with E-state index in [1.807, 2.05) is 29.6 Å². The van der Waals surface area contributed by atoms with E-state index in [0.717, 1.165) is 42.3 Å². The van der Waals surface area contributed by atoms with Gasteiger partial charge in [0.1, 0.15) is 12.4 Å². The van der Waals surface area contributed by atoms with Crippen molar-refractivity contribution < 1.29 is 14.3 Å². The Labute approximate surface area is 151 Å². The molecule has 0 aliphatic carbocycles. The summed E-state index contributed by atoms with van der Waals surface area (Å²) in [5.41, 5.74) is 0.730. The van der Waals surface area contributed by atoms with Gasteiger partial charge in [0.15, 0.2) is 0 Å². The SMILES string of the molecule is O=C(NCCc1nccs1)Nc1ccc(OC[C@H]2CCCCO2)cc1. The molecular weight excluding hydrogens is 338 g/mol. The second kappa shape index (κ2) is 9.39. The van der Waals surface area contributed by atoms with Gasteiger partial charge in [-0.2, -0.15) is 0 Å². The van der Waals surface area contributed by atoms with Crippen LogP contribution < -0.4 is 15.4 Å². The Bertz CT molecular complexity index is 640. The van der Waals surface area contributed by atoms with Crippen molar-refractivity contribution in [2.45, 2.75) is 31.8 Å². The highest BCUT2D eigenvalue weighted by Gasteiger charge is 2.14. The molecule has 0 saturated carbocycles. The first-order valence-electron chi connectivity index (χ1n) is 8.57. The van der Waals surface area contributed by atoms with Crippen LogP contribution in [-0.2, 0) is 11.2 Å². The molecule has 0 radical (unpaired) electrons. The van der Waals surface area contributed by atoms with Crippen molar-refractivity contribution in [1.82, 2.24) is 10.3 Å². The number of hydrogen-bond acceptors (Lipinski definition) is 5. The standard InChI is InChI=1S/C18H23N3O3S/c22-18(20-9-8-17-19-10-12-25-17)21-14-4-6-15(7-5-14)24-13-16-3-1-2-11-23-16/h4-7,10,12,16H,1-3,8-9,11,13H2,(H2,20,21,22)/t16-/m1/s1. The highest BCUT2D eigenvalue weighted by atomic mass is 32.1. The van der Waals surface area contributed by atoms with Gasteiger partial charge in [-0.15, -0.1) is 11.3 Å². The molecule has 0 spiro atoms. The number of carbonyl (C=O) groups is 1. The molecule has 2 amide bonds. The highest BCUT2D eigenvalue weighted by molar-refractivity contribution is 7.09. The predicted molar refractivity (Wildman–Crippen MR) is 98.4 cm³/mol. The number of thiazole rings is 1. The summed E-state index contributed by atoms with van der Waals surface area (Å²) in [7, 11) is 0. The molecule has 0 unspecified atom stereocenters. The lowest BCUT2D eigenvalue weighted by Gasteiger charge is -2.22. The van der Waals surface area contributed by atoms with E-state index < -0.39 is 0 Å². The van der Waals surface area contributed by atoms with Crippen molar-refractivity contribution >= 4 is 23.1 Å². The minimum Gasteiger partial charge on any atom is -0.491 e. The van der Waals surface area contributed by atoms with Gasteiger partial charge in [-0.25, -0.2) is 9.78 Å².